The molecule has 0 radical (unpaired) electrons. The van der Waals surface area contributed by atoms with Crippen molar-refractivity contribution in [3.05, 3.63) is 12.4 Å². The minimum atomic E-state index is -0.822. The van der Waals surface area contributed by atoms with E-state index in [1.807, 2.05) is 25.7 Å². The summed E-state index contributed by atoms with van der Waals surface area (Å²) in [6.07, 6.45) is 4.16. The third-order valence-corrected chi connectivity index (χ3v) is 2.69. The summed E-state index contributed by atoms with van der Waals surface area (Å²) in [6.45, 7) is 7.10. The summed E-state index contributed by atoms with van der Waals surface area (Å²) in [5, 5.41) is 8.86. The molecule has 0 aliphatic rings. The maximum Gasteiger partial charge on any atom is 0.305 e. The van der Waals surface area contributed by atoms with Crippen LogP contribution in [0.1, 0.15) is 33.6 Å². The maximum absolute atomic E-state index is 10.8. The van der Waals surface area contributed by atoms with Crippen molar-refractivity contribution < 1.29 is 14.6 Å². The van der Waals surface area contributed by atoms with Crippen LogP contribution in [-0.4, -0.2) is 40.2 Å². The van der Waals surface area contributed by atoms with Crippen LogP contribution in [0.3, 0.4) is 0 Å². The Morgan fingerprint density at radius 1 is 1.47 bits per heavy atom. The zero-order valence-electron chi connectivity index (χ0n) is 11.7. The molecular weight excluding hydrogens is 246 g/mol. The van der Waals surface area contributed by atoms with E-state index >= 15 is 0 Å². The van der Waals surface area contributed by atoms with Crippen molar-refractivity contribution in [1.82, 2.24) is 9.97 Å². The van der Waals surface area contributed by atoms with Gasteiger partial charge in [0.15, 0.2) is 5.82 Å². The number of ether oxygens (including phenoxy) is 1. The van der Waals surface area contributed by atoms with Gasteiger partial charge in [-0.05, 0) is 20.3 Å². The van der Waals surface area contributed by atoms with Crippen molar-refractivity contribution >= 4 is 11.8 Å². The van der Waals surface area contributed by atoms with Crippen LogP contribution in [0.15, 0.2) is 12.4 Å². The Labute approximate surface area is 113 Å². The molecule has 0 saturated heterocycles. The highest BCUT2D eigenvalue weighted by molar-refractivity contribution is 5.68. The molecule has 1 unspecified atom stereocenters. The quantitative estimate of drug-likeness (QED) is 0.776. The summed E-state index contributed by atoms with van der Waals surface area (Å²) in [6, 6.07) is -0.141. The summed E-state index contributed by atoms with van der Waals surface area (Å²) >= 11 is 0. The smallest absolute Gasteiger partial charge is 0.305 e. The lowest BCUT2D eigenvalue weighted by atomic mass is 10.2. The molecule has 0 amide bonds. The van der Waals surface area contributed by atoms with Crippen LogP contribution in [-0.2, 0) is 4.79 Å². The van der Waals surface area contributed by atoms with Crippen molar-refractivity contribution in [2.45, 2.75) is 39.7 Å². The van der Waals surface area contributed by atoms with Gasteiger partial charge in [-0.25, -0.2) is 0 Å². The molecule has 1 aromatic heterocycles. The zero-order chi connectivity index (χ0) is 14.3. The van der Waals surface area contributed by atoms with Gasteiger partial charge in [-0.15, -0.1) is 0 Å². The number of carboxylic acids is 1. The first-order chi connectivity index (χ1) is 9.08. The van der Waals surface area contributed by atoms with Gasteiger partial charge in [0.2, 0.25) is 5.88 Å². The predicted octanol–water partition coefficient (Wildman–Crippen LogP) is 1.95. The van der Waals surface area contributed by atoms with Gasteiger partial charge in [0.25, 0.3) is 0 Å². The molecule has 0 saturated carbocycles. The number of anilines is 1. The van der Waals surface area contributed by atoms with E-state index in [0.717, 1.165) is 6.42 Å². The summed E-state index contributed by atoms with van der Waals surface area (Å²) in [5.74, 6) is 0.294. The summed E-state index contributed by atoms with van der Waals surface area (Å²) in [5.41, 5.74) is 0. The number of hydrogen-bond acceptors (Lipinski definition) is 5. The van der Waals surface area contributed by atoms with Crippen LogP contribution in [0.5, 0.6) is 5.88 Å². The van der Waals surface area contributed by atoms with E-state index < -0.39 is 5.97 Å². The van der Waals surface area contributed by atoms with Crippen LogP contribution in [0, 0.1) is 0 Å². The van der Waals surface area contributed by atoms with Crippen molar-refractivity contribution in [2.75, 3.05) is 18.1 Å². The van der Waals surface area contributed by atoms with Gasteiger partial charge in [0.05, 0.1) is 25.4 Å². The second-order valence-electron chi connectivity index (χ2n) is 4.30. The van der Waals surface area contributed by atoms with E-state index in [1.165, 1.54) is 0 Å². The normalized spacial score (nSPS) is 11.9. The molecule has 6 nitrogen and oxygen atoms in total. The van der Waals surface area contributed by atoms with E-state index in [0.29, 0.717) is 24.8 Å². The molecule has 0 aliphatic carbocycles. The van der Waals surface area contributed by atoms with Gasteiger partial charge >= 0.3 is 5.97 Å². The molecule has 1 heterocycles. The summed E-state index contributed by atoms with van der Waals surface area (Å²) in [7, 11) is 0. The largest absolute Gasteiger partial charge is 0.481 e. The molecule has 0 spiro atoms. The number of rotatable bonds is 8. The second kappa shape index (κ2) is 7.56. The molecule has 1 aromatic rings. The molecule has 0 aliphatic heterocycles. The minimum Gasteiger partial charge on any atom is -0.481 e. The lowest BCUT2D eigenvalue weighted by Gasteiger charge is -2.27. The molecule has 1 N–H and O–H groups in total. The fraction of sp³-hybridized carbons (Fsp3) is 0.615. The molecule has 106 valence electrons. The highest BCUT2D eigenvalue weighted by Gasteiger charge is 2.17. The van der Waals surface area contributed by atoms with E-state index in [-0.39, 0.29) is 12.5 Å². The highest BCUT2D eigenvalue weighted by Crippen LogP contribution is 2.17. The first-order valence-corrected chi connectivity index (χ1v) is 6.51. The van der Waals surface area contributed by atoms with Gasteiger partial charge in [0.1, 0.15) is 0 Å². The molecule has 0 fully saturated rings. The highest BCUT2D eigenvalue weighted by atomic mass is 16.5. The van der Waals surface area contributed by atoms with E-state index in [1.54, 1.807) is 12.4 Å². The predicted molar refractivity (Wildman–Crippen MR) is 72.6 cm³/mol. The standard InChI is InChI=1S/C13H21N3O3/c1-4-6-19-12-9-14-8-11(15-12)16(5-2)10(3)7-13(17)18/h8-10H,4-7H2,1-3H3,(H,17,18). The SMILES string of the molecule is CCCOc1cncc(N(CC)C(C)CC(=O)O)n1. The van der Waals surface area contributed by atoms with Crippen LogP contribution >= 0.6 is 0 Å². The third-order valence-electron chi connectivity index (χ3n) is 2.69. The number of aromatic nitrogens is 2. The number of carboxylic acid groups (broad SMARTS) is 1. The first kappa shape index (κ1) is 15.2. The van der Waals surface area contributed by atoms with Crippen LogP contribution in [0.4, 0.5) is 5.82 Å². The molecule has 1 rings (SSSR count). The number of hydrogen-bond donors (Lipinski definition) is 1. The topological polar surface area (TPSA) is 75.5 Å². The van der Waals surface area contributed by atoms with Crippen LogP contribution < -0.4 is 9.64 Å². The van der Waals surface area contributed by atoms with Crippen molar-refractivity contribution in [3.8, 4) is 5.88 Å². The Balaban J connectivity index is 2.82. The van der Waals surface area contributed by atoms with Crippen molar-refractivity contribution in [1.29, 1.82) is 0 Å². The van der Waals surface area contributed by atoms with Gasteiger partial charge < -0.3 is 14.7 Å². The van der Waals surface area contributed by atoms with E-state index in [4.69, 9.17) is 9.84 Å². The Kier molecular flexibility index (Phi) is 6.05. The fourth-order valence-corrected chi connectivity index (χ4v) is 1.82. The Hall–Kier alpha value is -1.85. The molecule has 0 bridgehead atoms. The number of carbonyl (C=O) groups is 1. The Morgan fingerprint density at radius 2 is 2.21 bits per heavy atom. The fourth-order valence-electron chi connectivity index (χ4n) is 1.82. The average Bonchev–Trinajstić information content (AvgIpc) is 2.37. The molecular formula is C13H21N3O3. The Bertz CT molecular complexity index is 412. The summed E-state index contributed by atoms with van der Waals surface area (Å²) < 4.78 is 5.43. The van der Waals surface area contributed by atoms with Gasteiger partial charge in [-0.1, -0.05) is 6.92 Å². The van der Waals surface area contributed by atoms with Crippen LogP contribution in [0.2, 0.25) is 0 Å². The average molecular weight is 267 g/mol. The monoisotopic (exact) mass is 267 g/mol. The number of aliphatic carboxylic acids is 1. The Morgan fingerprint density at radius 3 is 2.79 bits per heavy atom. The van der Waals surface area contributed by atoms with Gasteiger partial charge in [0, 0.05) is 12.6 Å². The van der Waals surface area contributed by atoms with Crippen molar-refractivity contribution in [2.24, 2.45) is 0 Å². The number of nitrogens with zero attached hydrogens (tertiary/aromatic N) is 3. The third kappa shape index (κ3) is 4.73. The summed E-state index contributed by atoms with van der Waals surface area (Å²) in [4.78, 5) is 21.1. The lowest BCUT2D eigenvalue weighted by Crippen LogP contribution is -2.35. The molecule has 6 heteroatoms. The lowest BCUT2D eigenvalue weighted by molar-refractivity contribution is -0.137. The van der Waals surface area contributed by atoms with Gasteiger partial charge in [-0.2, -0.15) is 4.98 Å². The zero-order valence-corrected chi connectivity index (χ0v) is 11.7. The van der Waals surface area contributed by atoms with Crippen LogP contribution in [0.25, 0.3) is 0 Å². The maximum atomic E-state index is 10.8. The molecule has 19 heavy (non-hydrogen) atoms. The minimum absolute atomic E-state index is 0.0650. The van der Waals surface area contributed by atoms with E-state index in [2.05, 4.69) is 9.97 Å². The molecule has 0 aromatic carbocycles. The second-order valence-corrected chi connectivity index (χ2v) is 4.30. The molecule has 1 atom stereocenters. The van der Waals surface area contributed by atoms with Crippen molar-refractivity contribution in [3.63, 3.8) is 0 Å². The first-order valence-electron chi connectivity index (χ1n) is 6.51. The van der Waals surface area contributed by atoms with E-state index in [9.17, 15) is 4.79 Å². The van der Waals surface area contributed by atoms with Gasteiger partial charge in [-0.3, -0.25) is 9.78 Å².